The van der Waals surface area contributed by atoms with Gasteiger partial charge in [-0.05, 0) is 74.1 Å². The van der Waals surface area contributed by atoms with Crippen LogP contribution in [0.4, 0.5) is 5.69 Å². The highest BCUT2D eigenvalue weighted by Gasteiger charge is 2.46. The Kier molecular flexibility index (Phi) is 5.71. The molecule has 2 aliphatic heterocycles. The van der Waals surface area contributed by atoms with E-state index in [1.807, 2.05) is 41.3 Å². The minimum absolute atomic E-state index is 0.0410. The van der Waals surface area contributed by atoms with Gasteiger partial charge in [-0.25, -0.2) is 4.68 Å². The Balaban J connectivity index is 1.26. The van der Waals surface area contributed by atoms with Gasteiger partial charge in [0.2, 0.25) is 5.91 Å². The number of hydrogen-bond acceptors (Lipinski definition) is 5. The number of hydrogen-bond donors (Lipinski definition) is 0. The summed E-state index contributed by atoms with van der Waals surface area (Å²) in [4.78, 5) is 29.9. The third-order valence-corrected chi connectivity index (χ3v) is 8.00. The second kappa shape index (κ2) is 9.07. The van der Waals surface area contributed by atoms with Gasteiger partial charge in [-0.3, -0.25) is 9.59 Å². The van der Waals surface area contributed by atoms with Crippen LogP contribution in [0.25, 0.3) is 5.69 Å². The smallest absolute Gasteiger partial charge is 0.277 e. The quantitative estimate of drug-likeness (QED) is 0.516. The van der Waals surface area contributed by atoms with Gasteiger partial charge in [-0.1, -0.05) is 12.1 Å². The van der Waals surface area contributed by atoms with Gasteiger partial charge in [0.15, 0.2) is 5.69 Å². The van der Waals surface area contributed by atoms with Gasteiger partial charge in [0, 0.05) is 42.7 Å². The summed E-state index contributed by atoms with van der Waals surface area (Å²) in [6.45, 7) is 2.13. The summed E-state index contributed by atoms with van der Waals surface area (Å²) in [6.07, 6.45) is 5.47. The maximum absolute atomic E-state index is 13.7. The molecule has 1 saturated heterocycles. The molecule has 8 heteroatoms. The van der Waals surface area contributed by atoms with Crippen molar-refractivity contribution in [3.8, 4) is 17.5 Å². The molecule has 0 unspecified atom stereocenters. The van der Waals surface area contributed by atoms with Crippen LogP contribution in [0, 0.1) is 11.3 Å². The van der Waals surface area contributed by atoms with Crippen molar-refractivity contribution in [2.75, 3.05) is 31.6 Å². The molecule has 2 amide bonds. The van der Waals surface area contributed by atoms with E-state index in [-0.39, 0.29) is 22.9 Å². The fourth-order valence-electron chi connectivity index (χ4n) is 5.68. The van der Waals surface area contributed by atoms with Crippen molar-refractivity contribution in [1.29, 1.82) is 5.26 Å². The highest BCUT2D eigenvalue weighted by molar-refractivity contribution is 6.07. The molecule has 3 aromatic rings. The average Bonchev–Trinajstić information content (AvgIpc) is 3.62. The first-order valence-electron chi connectivity index (χ1n) is 12.9. The minimum atomic E-state index is -0.168. The maximum atomic E-state index is 13.7. The molecule has 0 atom stereocenters. The predicted molar refractivity (Wildman–Crippen MR) is 138 cm³/mol. The monoisotopic (exact) mass is 495 g/mol. The van der Waals surface area contributed by atoms with Gasteiger partial charge in [-0.2, -0.15) is 10.4 Å². The number of rotatable bonds is 6. The predicted octanol–water partition coefficient (Wildman–Crippen LogP) is 4.00. The van der Waals surface area contributed by atoms with Crippen LogP contribution in [0.15, 0.2) is 48.5 Å². The SMILES string of the molecule is COc1ccc(-n2nc(C#N)c3c2C(=O)N(c2ccc(C4(CN5CCCCC5=O)CC4)cc2)CC3)cc1. The molecule has 6 rings (SSSR count). The van der Waals surface area contributed by atoms with Gasteiger partial charge < -0.3 is 14.5 Å². The van der Waals surface area contributed by atoms with Crippen LogP contribution in [0.2, 0.25) is 0 Å². The van der Waals surface area contributed by atoms with Crippen molar-refractivity contribution in [1.82, 2.24) is 14.7 Å². The highest BCUT2D eigenvalue weighted by atomic mass is 16.5. The maximum Gasteiger partial charge on any atom is 0.277 e. The molecule has 37 heavy (non-hydrogen) atoms. The van der Waals surface area contributed by atoms with Crippen molar-refractivity contribution in [2.45, 2.75) is 43.9 Å². The van der Waals surface area contributed by atoms with Gasteiger partial charge in [0.05, 0.1) is 12.8 Å². The molecule has 0 N–H and O–H groups in total. The summed E-state index contributed by atoms with van der Waals surface area (Å²) in [5.41, 5.74) is 4.21. The van der Waals surface area contributed by atoms with Crippen molar-refractivity contribution >= 4 is 17.5 Å². The fourth-order valence-corrected chi connectivity index (χ4v) is 5.68. The molecular formula is C29H29N5O3. The molecule has 1 aromatic heterocycles. The molecule has 3 heterocycles. The number of piperidine rings is 1. The van der Waals surface area contributed by atoms with Gasteiger partial charge in [0.1, 0.15) is 17.5 Å². The standard InChI is InChI=1S/C29H29N5O3/c1-37-23-11-9-22(10-12-23)34-27-24(25(18-30)31-34)13-17-33(28(27)36)21-7-5-20(6-8-21)29(14-15-29)19-32-16-3-2-4-26(32)35/h5-12H,2-4,13-17,19H2,1H3. The molecule has 2 aromatic carbocycles. The number of ether oxygens (including phenoxy) is 1. The number of methoxy groups -OCH3 is 1. The van der Waals surface area contributed by atoms with E-state index < -0.39 is 0 Å². The number of carbonyl (C=O) groups is 2. The molecule has 1 aliphatic carbocycles. The van der Waals surface area contributed by atoms with Crippen molar-refractivity contribution in [3.63, 3.8) is 0 Å². The zero-order valence-corrected chi connectivity index (χ0v) is 20.9. The number of nitrogens with zero attached hydrogens (tertiary/aromatic N) is 5. The van der Waals surface area contributed by atoms with Gasteiger partial charge >= 0.3 is 0 Å². The number of fused-ring (bicyclic) bond motifs is 1. The average molecular weight is 496 g/mol. The summed E-state index contributed by atoms with van der Waals surface area (Å²) in [7, 11) is 1.60. The van der Waals surface area contributed by atoms with Crippen LogP contribution >= 0.6 is 0 Å². The Morgan fingerprint density at radius 3 is 2.35 bits per heavy atom. The Morgan fingerprint density at radius 2 is 1.70 bits per heavy atom. The van der Waals surface area contributed by atoms with Crippen LogP contribution in [-0.2, 0) is 16.6 Å². The first kappa shape index (κ1) is 23.3. The number of nitriles is 1. The minimum Gasteiger partial charge on any atom is -0.497 e. The molecule has 0 radical (unpaired) electrons. The zero-order chi connectivity index (χ0) is 25.6. The van der Waals surface area contributed by atoms with Crippen LogP contribution in [0.1, 0.15) is 59.4 Å². The Hall–Kier alpha value is -4.12. The molecule has 2 fully saturated rings. The number of amides is 2. The Bertz CT molecular complexity index is 1400. The van der Waals surface area contributed by atoms with Crippen LogP contribution in [0.3, 0.4) is 0 Å². The number of benzene rings is 2. The number of aromatic nitrogens is 2. The summed E-state index contributed by atoms with van der Waals surface area (Å²) in [6, 6.07) is 17.7. The zero-order valence-electron chi connectivity index (χ0n) is 20.9. The summed E-state index contributed by atoms with van der Waals surface area (Å²) >= 11 is 0. The molecule has 0 bridgehead atoms. The topological polar surface area (TPSA) is 91.5 Å². The lowest BCUT2D eigenvalue weighted by Gasteiger charge is -2.31. The molecule has 3 aliphatic rings. The molecule has 0 spiro atoms. The fraction of sp³-hybridized carbons (Fsp3) is 0.379. The largest absolute Gasteiger partial charge is 0.497 e. The first-order chi connectivity index (χ1) is 18.0. The lowest BCUT2D eigenvalue weighted by molar-refractivity contribution is -0.133. The van der Waals surface area contributed by atoms with Crippen LogP contribution in [-0.4, -0.2) is 53.2 Å². The van der Waals surface area contributed by atoms with E-state index in [1.165, 1.54) is 5.56 Å². The third kappa shape index (κ3) is 4.05. The third-order valence-electron chi connectivity index (χ3n) is 8.00. The molecule has 8 nitrogen and oxygen atoms in total. The van der Waals surface area contributed by atoms with E-state index in [0.717, 1.165) is 44.5 Å². The Labute approximate surface area is 216 Å². The molecule has 1 saturated carbocycles. The normalized spacial score (nSPS) is 18.4. The second-order valence-electron chi connectivity index (χ2n) is 10.2. The van der Waals surface area contributed by atoms with E-state index in [0.29, 0.717) is 42.1 Å². The van der Waals surface area contributed by atoms with Gasteiger partial charge in [-0.15, -0.1) is 0 Å². The summed E-state index contributed by atoms with van der Waals surface area (Å²) in [5, 5.41) is 14.1. The number of likely N-dealkylation sites (tertiary alicyclic amines) is 1. The Morgan fingerprint density at radius 1 is 0.973 bits per heavy atom. The lowest BCUT2D eigenvalue weighted by Crippen LogP contribution is -2.40. The van der Waals surface area contributed by atoms with Gasteiger partial charge in [0.25, 0.3) is 5.91 Å². The van der Waals surface area contributed by atoms with Crippen LogP contribution < -0.4 is 9.64 Å². The first-order valence-corrected chi connectivity index (χ1v) is 12.9. The highest BCUT2D eigenvalue weighted by Crippen LogP contribution is 2.49. The van der Waals surface area contributed by atoms with Crippen molar-refractivity contribution in [2.24, 2.45) is 0 Å². The van der Waals surface area contributed by atoms with Crippen molar-refractivity contribution in [3.05, 3.63) is 71.0 Å². The van der Waals surface area contributed by atoms with E-state index in [1.54, 1.807) is 16.7 Å². The lowest BCUT2D eigenvalue weighted by atomic mass is 9.93. The van der Waals surface area contributed by atoms with E-state index in [9.17, 15) is 14.9 Å². The molecular weight excluding hydrogens is 466 g/mol. The summed E-state index contributed by atoms with van der Waals surface area (Å²) in [5.74, 6) is 0.810. The number of anilines is 1. The summed E-state index contributed by atoms with van der Waals surface area (Å²) < 4.78 is 6.82. The second-order valence-corrected chi connectivity index (χ2v) is 10.2. The van der Waals surface area contributed by atoms with Crippen molar-refractivity contribution < 1.29 is 14.3 Å². The van der Waals surface area contributed by atoms with E-state index >= 15 is 0 Å². The van der Waals surface area contributed by atoms with Crippen LogP contribution in [0.5, 0.6) is 5.75 Å². The van der Waals surface area contributed by atoms with E-state index in [2.05, 4.69) is 23.3 Å². The number of carbonyl (C=O) groups excluding carboxylic acids is 2. The van der Waals surface area contributed by atoms with E-state index in [4.69, 9.17) is 4.74 Å². The molecule has 188 valence electrons.